The van der Waals surface area contributed by atoms with Crippen LogP contribution in [0.3, 0.4) is 0 Å². The van der Waals surface area contributed by atoms with Gasteiger partial charge in [-0.15, -0.1) is 11.3 Å². The van der Waals surface area contributed by atoms with Gasteiger partial charge in [-0.05, 0) is 38.1 Å². The molecule has 0 amide bonds. The first-order valence-electron chi connectivity index (χ1n) is 7.64. The molecule has 0 aliphatic heterocycles. The van der Waals surface area contributed by atoms with Gasteiger partial charge in [-0.25, -0.2) is 4.98 Å². The van der Waals surface area contributed by atoms with Gasteiger partial charge in [-0.3, -0.25) is 0 Å². The van der Waals surface area contributed by atoms with Crippen LogP contribution in [0.4, 0.5) is 0 Å². The van der Waals surface area contributed by atoms with Gasteiger partial charge in [0.2, 0.25) is 0 Å². The van der Waals surface area contributed by atoms with Crippen molar-refractivity contribution in [2.24, 2.45) is 5.41 Å². The third kappa shape index (κ3) is 2.92. The zero-order valence-electron chi connectivity index (χ0n) is 13.7. The average molecular weight is 296 g/mol. The summed E-state index contributed by atoms with van der Waals surface area (Å²) in [6.45, 7) is 12.2. The van der Waals surface area contributed by atoms with Gasteiger partial charge in [-0.2, -0.15) is 0 Å². The molecule has 1 heterocycles. The number of hydrogen-bond acceptors (Lipinski definition) is 4. The third-order valence-corrected chi connectivity index (χ3v) is 5.93. The van der Waals surface area contributed by atoms with Crippen molar-refractivity contribution in [3.63, 3.8) is 0 Å². The fourth-order valence-electron chi connectivity index (χ4n) is 2.95. The van der Waals surface area contributed by atoms with Gasteiger partial charge in [-0.1, -0.05) is 27.7 Å². The van der Waals surface area contributed by atoms with Crippen molar-refractivity contribution < 1.29 is 4.74 Å². The molecule has 0 saturated heterocycles. The van der Waals surface area contributed by atoms with Crippen LogP contribution in [0.2, 0.25) is 0 Å². The quantitative estimate of drug-likeness (QED) is 0.890. The number of fused-ring (bicyclic) bond motifs is 1. The molecule has 2 rings (SSSR count). The highest BCUT2D eigenvalue weighted by Gasteiger charge is 2.37. The minimum Gasteiger partial charge on any atom is -0.371 e. The van der Waals surface area contributed by atoms with Crippen LogP contribution in [0.1, 0.15) is 69.1 Å². The van der Waals surface area contributed by atoms with Crippen molar-refractivity contribution in [1.29, 1.82) is 0 Å². The molecule has 1 aromatic heterocycles. The maximum absolute atomic E-state index is 5.73. The molecule has 20 heavy (non-hydrogen) atoms. The van der Waals surface area contributed by atoms with Gasteiger partial charge in [0.25, 0.3) is 0 Å². The number of methoxy groups -OCH3 is 1. The lowest BCUT2D eigenvalue weighted by Crippen LogP contribution is -2.32. The lowest BCUT2D eigenvalue weighted by Gasteiger charge is -2.34. The average Bonchev–Trinajstić information content (AvgIpc) is 2.81. The van der Waals surface area contributed by atoms with Gasteiger partial charge in [0.15, 0.2) is 0 Å². The van der Waals surface area contributed by atoms with Gasteiger partial charge < -0.3 is 10.1 Å². The van der Waals surface area contributed by atoms with E-state index in [1.165, 1.54) is 17.0 Å². The molecular weight excluding hydrogens is 268 g/mol. The first kappa shape index (κ1) is 15.9. The van der Waals surface area contributed by atoms with Crippen molar-refractivity contribution in [1.82, 2.24) is 10.3 Å². The van der Waals surface area contributed by atoms with E-state index in [2.05, 4.69) is 39.9 Å². The van der Waals surface area contributed by atoms with Crippen molar-refractivity contribution in [3.8, 4) is 0 Å². The van der Waals surface area contributed by atoms with Crippen LogP contribution in [0, 0.1) is 5.41 Å². The smallest absolute Gasteiger partial charge is 0.125 e. The lowest BCUT2D eigenvalue weighted by molar-refractivity contribution is -0.00172. The van der Waals surface area contributed by atoms with Crippen LogP contribution >= 0.6 is 11.3 Å². The molecule has 1 aliphatic rings. The minimum atomic E-state index is -0.247. The number of hydrogen-bond donors (Lipinski definition) is 1. The molecule has 4 heteroatoms. The van der Waals surface area contributed by atoms with Crippen molar-refractivity contribution in [2.45, 2.75) is 65.5 Å². The molecule has 1 N–H and O–H groups in total. The molecule has 1 aromatic rings. The summed E-state index contributed by atoms with van der Waals surface area (Å²) in [5, 5.41) is 4.76. The lowest BCUT2D eigenvalue weighted by atomic mass is 9.76. The summed E-state index contributed by atoms with van der Waals surface area (Å²) in [6, 6.07) is 0.447. The molecule has 1 aliphatic carbocycles. The Morgan fingerprint density at radius 3 is 2.70 bits per heavy atom. The fourth-order valence-corrected chi connectivity index (χ4v) is 4.31. The largest absolute Gasteiger partial charge is 0.371 e. The van der Waals surface area contributed by atoms with E-state index >= 15 is 0 Å². The van der Waals surface area contributed by atoms with E-state index in [0.29, 0.717) is 11.5 Å². The first-order valence-corrected chi connectivity index (χ1v) is 8.45. The van der Waals surface area contributed by atoms with Crippen molar-refractivity contribution in [2.75, 3.05) is 13.7 Å². The monoisotopic (exact) mass is 296 g/mol. The van der Waals surface area contributed by atoms with Gasteiger partial charge in [0.05, 0.1) is 5.69 Å². The highest BCUT2D eigenvalue weighted by atomic mass is 32.1. The summed E-state index contributed by atoms with van der Waals surface area (Å²) in [5.41, 5.74) is 1.35. The molecule has 0 radical (unpaired) electrons. The molecular formula is C16H28N2OS. The van der Waals surface area contributed by atoms with E-state index in [9.17, 15) is 0 Å². The SMILES string of the molecule is CCNC1CC(C)(C)Cc2nc(C(C)(CC)OC)sc21. The van der Waals surface area contributed by atoms with Gasteiger partial charge >= 0.3 is 0 Å². The van der Waals surface area contributed by atoms with E-state index in [4.69, 9.17) is 9.72 Å². The second-order valence-electron chi connectivity index (χ2n) is 6.77. The Hall–Kier alpha value is -0.450. The van der Waals surface area contributed by atoms with E-state index in [1.807, 2.05) is 11.3 Å². The molecule has 0 aromatic carbocycles. The highest BCUT2D eigenvalue weighted by molar-refractivity contribution is 7.12. The molecule has 2 atom stereocenters. The molecule has 3 nitrogen and oxygen atoms in total. The summed E-state index contributed by atoms with van der Waals surface area (Å²) >= 11 is 1.84. The summed E-state index contributed by atoms with van der Waals surface area (Å²) in [5.74, 6) is 0. The Kier molecular flexibility index (Phi) is 4.57. The summed E-state index contributed by atoms with van der Waals surface area (Å²) in [6.07, 6.45) is 3.21. The molecule has 0 bridgehead atoms. The number of nitrogens with one attached hydrogen (secondary N) is 1. The van der Waals surface area contributed by atoms with Crippen LogP contribution in [-0.2, 0) is 16.8 Å². The standard InChI is InChI=1S/C16H28N2OS/c1-7-16(5,19-6)14-18-12-10-15(3,4)9-11(17-8-2)13(12)20-14/h11,17H,7-10H2,1-6H3. The molecule has 0 spiro atoms. The third-order valence-electron chi connectivity index (χ3n) is 4.47. The van der Waals surface area contributed by atoms with Crippen LogP contribution < -0.4 is 5.32 Å². The maximum atomic E-state index is 5.73. The Morgan fingerprint density at radius 2 is 2.15 bits per heavy atom. The molecule has 2 unspecified atom stereocenters. The van der Waals surface area contributed by atoms with E-state index < -0.39 is 0 Å². The highest BCUT2D eigenvalue weighted by Crippen LogP contribution is 2.45. The van der Waals surface area contributed by atoms with E-state index in [0.717, 1.165) is 24.4 Å². The summed E-state index contributed by atoms with van der Waals surface area (Å²) in [4.78, 5) is 6.37. The predicted octanol–water partition coefficient (Wildman–Crippen LogP) is 4.04. The first-order chi connectivity index (χ1) is 9.35. The second kappa shape index (κ2) is 5.74. The zero-order valence-corrected chi connectivity index (χ0v) is 14.5. The molecule has 114 valence electrons. The fraction of sp³-hybridized carbons (Fsp3) is 0.812. The van der Waals surface area contributed by atoms with E-state index in [-0.39, 0.29) is 5.60 Å². The topological polar surface area (TPSA) is 34.2 Å². The number of ether oxygens (including phenoxy) is 1. The zero-order chi connectivity index (χ0) is 15.0. The predicted molar refractivity (Wildman–Crippen MR) is 85.3 cm³/mol. The summed E-state index contributed by atoms with van der Waals surface area (Å²) < 4.78 is 5.73. The molecule has 0 fully saturated rings. The van der Waals surface area contributed by atoms with Crippen LogP contribution in [0.5, 0.6) is 0 Å². The number of nitrogens with zero attached hydrogens (tertiary/aromatic N) is 1. The van der Waals surface area contributed by atoms with Crippen LogP contribution in [-0.4, -0.2) is 18.6 Å². The van der Waals surface area contributed by atoms with Crippen molar-refractivity contribution >= 4 is 11.3 Å². The minimum absolute atomic E-state index is 0.247. The number of aromatic nitrogens is 1. The Labute approximate surface area is 127 Å². The Morgan fingerprint density at radius 1 is 1.45 bits per heavy atom. The van der Waals surface area contributed by atoms with E-state index in [1.54, 1.807) is 7.11 Å². The molecule has 0 saturated carbocycles. The number of thiazole rings is 1. The van der Waals surface area contributed by atoms with Gasteiger partial charge in [0, 0.05) is 18.0 Å². The second-order valence-corrected chi connectivity index (χ2v) is 7.80. The van der Waals surface area contributed by atoms with Crippen molar-refractivity contribution in [3.05, 3.63) is 15.6 Å². The normalized spacial score (nSPS) is 24.2. The Balaban J connectivity index is 2.40. The number of rotatable bonds is 5. The maximum Gasteiger partial charge on any atom is 0.125 e. The van der Waals surface area contributed by atoms with Crippen LogP contribution in [0.15, 0.2) is 0 Å². The Bertz CT molecular complexity index is 463. The van der Waals surface area contributed by atoms with Crippen LogP contribution in [0.25, 0.3) is 0 Å². The van der Waals surface area contributed by atoms with Gasteiger partial charge in [0.1, 0.15) is 10.6 Å². The summed E-state index contributed by atoms with van der Waals surface area (Å²) in [7, 11) is 1.79.